The van der Waals surface area contributed by atoms with Gasteiger partial charge in [0.05, 0.1) is 19.3 Å². The van der Waals surface area contributed by atoms with E-state index in [2.05, 4.69) is 56.8 Å². The van der Waals surface area contributed by atoms with Crippen LogP contribution in [0.25, 0.3) is 0 Å². The lowest BCUT2D eigenvalue weighted by Crippen LogP contribution is -2.45. The Balaban J connectivity index is 1.50. The zero-order valence-corrected chi connectivity index (χ0v) is 18.1. The lowest BCUT2D eigenvalue weighted by molar-refractivity contribution is 0.0167. The molecule has 2 aromatic rings. The first kappa shape index (κ1) is 22.1. The van der Waals surface area contributed by atoms with Crippen molar-refractivity contribution >= 4 is 11.7 Å². The van der Waals surface area contributed by atoms with Gasteiger partial charge < -0.3 is 20.3 Å². The molecular formula is C24H34N4O2. The SMILES string of the molecule is CN(C)c1ccc(C(CNC(=O)NCCCc2ccccc2)N2CCOCC2)cc1. The molecule has 162 valence electrons. The third kappa shape index (κ3) is 6.75. The number of amides is 2. The normalized spacial score (nSPS) is 15.4. The summed E-state index contributed by atoms with van der Waals surface area (Å²) >= 11 is 0. The highest BCUT2D eigenvalue weighted by atomic mass is 16.5. The van der Waals surface area contributed by atoms with Crippen molar-refractivity contribution in [3.63, 3.8) is 0 Å². The first-order valence-electron chi connectivity index (χ1n) is 10.8. The Morgan fingerprint density at radius 3 is 2.40 bits per heavy atom. The number of urea groups is 1. The molecule has 0 bridgehead atoms. The van der Waals surface area contributed by atoms with Crippen LogP contribution in [0.1, 0.15) is 23.6 Å². The van der Waals surface area contributed by atoms with E-state index in [0.29, 0.717) is 13.1 Å². The van der Waals surface area contributed by atoms with Crippen LogP contribution in [-0.2, 0) is 11.2 Å². The summed E-state index contributed by atoms with van der Waals surface area (Å²) in [5.41, 5.74) is 3.68. The maximum absolute atomic E-state index is 12.3. The van der Waals surface area contributed by atoms with Crippen molar-refractivity contribution in [3.05, 3.63) is 65.7 Å². The van der Waals surface area contributed by atoms with Gasteiger partial charge in [-0.2, -0.15) is 0 Å². The van der Waals surface area contributed by atoms with Crippen molar-refractivity contribution in [2.45, 2.75) is 18.9 Å². The van der Waals surface area contributed by atoms with Crippen LogP contribution < -0.4 is 15.5 Å². The Morgan fingerprint density at radius 1 is 1.03 bits per heavy atom. The minimum Gasteiger partial charge on any atom is -0.379 e. The van der Waals surface area contributed by atoms with Crippen LogP contribution in [0.15, 0.2) is 54.6 Å². The quantitative estimate of drug-likeness (QED) is 0.624. The van der Waals surface area contributed by atoms with E-state index in [-0.39, 0.29) is 12.1 Å². The van der Waals surface area contributed by atoms with Crippen LogP contribution in [0.2, 0.25) is 0 Å². The van der Waals surface area contributed by atoms with E-state index < -0.39 is 0 Å². The van der Waals surface area contributed by atoms with Crippen molar-refractivity contribution in [1.82, 2.24) is 15.5 Å². The van der Waals surface area contributed by atoms with Crippen LogP contribution >= 0.6 is 0 Å². The number of hydrogen-bond donors (Lipinski definition) is 2. The van der Waals surface area contributed by atoms with Crippen molar-refractivity contribution in [3.8, 4) is 0 Å². The largest absolute Gasteiger partial charge is 0.379 e. The molecule has 6 nitrogen and oxygen atoms in total. The van der Waals surface area contributed by atoms with Gasteiger partial charge in [0.15, 0.2) is 0 Å². The summed E-state index contributed by atoms with van der Waals surface area (Å²) in [6, 6.07) is 19.0. The Kier molecular flexibility index (Phi) is 8.53. The number of anilines is 1. The molecule has 1 atom stereocenters. The second kappa shape index (κ2) is 11.6. The van der Waals surface area contributed by atoms with Crippen LogP contribution in [-0.4, -0.2) is 64.4 Å². The number of nitrogens with zero attached hydrogens (tertiary/aromatic N) is 2. The smallest absolute Gasteiger partial charge is 0.314 e. The number of hydrogen-bond acceptors (Lipinski definition) is 4. The topological polar surface area (TPSA) is 56.8 Å². The molecule has 1 fully saturated rings. The fourth-order valence-electron chi connectivity index (χ4n) is 3.73. The molecule has 2 amide bonds. The number of aryl methyl sites for hydroxylation is 1. The molecule has 3 rings (SSSR count). The third-order valence-electron chi connectivity index (χ3n) is 5.51. The lowest BCUT2D eigenvalue weighted by Gasteiger charge is -2.35. The van der Waals surface area contributed by atoms with Crippen LogP contribution in [0.4, 0.5) is 10.5 Å². The monoisotopic (exact) mass is 410 g/mol. The van der Waals surface area contributed by atoms with E-state index in [1.54, 1.807) is 0 Å². The molecular weight excluding hydrogens is 376 g/mol. The van der Waals surface area contributed by atoms with Gasteiger partial charge in [0.2, 0.25) is 0 Å². The zero-order chi connectivity index (χ0) is 21.2. The number of carbonyl (C=O) groups excluding carboxylic acids is 1. The fraction of sp³-hybridized carbons (Fsp3) is 0.458. The van der Waals surface area contributed by atoms with E-state index in [0.717, 1.165) is 39.1 Å². The second-order valence-corrected chi connectivity index (χ2v) is 7.88. The molecule has 0 aliphatic carbocycles. The highest BCUT2D eigenvalue weighted by molar-refractivity contribution is 5.73. The van der Waals surface area contributed by atoms with Gasteiger partial charge in [-0.1, -0.05) is 42.5 Å². The lowest BCUT2D eigenvalue weighted by atomic mass is 10.0. The van der Waals surface area contributed by atoms with Crippen molar-refractivity contribution < 1.29 is 9.53 Å². The zero-order valence-electron chi connectivity index (χ0n) is 18.1. The number of rotatable bonds is 9. The molecule has 6 heteroatoms. The Labute approximate surface area is 180 Å². The maximum Gasteiger partial charge on any atom is 0.314 e. The molecule has 0 spiro atoms. The standard InChI is InChI=1S/C24H34N4O2/c1-27(2)22-12-10-21(11-13-22)23(28-15-17-30-18-16-28)19-26-24(29)25-14-6-9-20-7-4-3-5-8-20/h3-5,7-8,10-13,23H,6,9,14-19H2,1-2H3,(H2,25,26,29). The summed E-state index contributed by atoms with van der Waals surface area (Å²) < 4.78 is 5.52. The predicted molar refractivity (Wildman–Crippen MR) is 122 cm³/mol. The van der Waals surface area contributed by atoms with Gasteiger partial charge in [-0.15, -0.1) is 0 Å². The van der Waals surface area contributed by atoms with Crippen LogP contribution in [0, 0.1) is 0 Å². The van der Waals surface area contributed by atoms with E-state index in [4.69, 9.17) is 4.74 Å². The Hall–Kier alpha value is -2.57. The number of ether oxygens (including phenoxy) is 1. The van der Waals surface area contributed by atoms with Gasteiger partial charge in [0, 0.05) is 46.0 Å². The van der Waals surface area contributed by atoms with Gasteiger partial charge >= 0.3 is 6.03 Å². The molecule has 0 aromatic heterocycles. The minimum absolute atomic E-state index is 0.105. The average Bonchev–Trinajstić information content (AvgIpc) is 2.78. The second-order valence-electron chi connectivity index (χ2n) is 7.88. The first-order chi connectivity index (χ1) is 14.6. The van der Waals surface area contributed by atoms with Gasteiger partial charge in [-0.3, -0.25) is 4.90 Å². The Morgan fingerprint density at radius 2 is 1.73 bits per heavy atom. The van der Waals surface area contributed by atoms with E-state index in [9.17, 15) is 4.79 Å². The maximum atomic E-state index is 12.3. The summed E-state index contributed by atoms with van der Waals surface area (Å²) in [4.78, 5) is 16.8. The fourth-order valence-corrected chi connectivity index (χ4v) is 3.73. The van der Waals surface area contributed by atoms with E-state index in [1.165, 1.54) is 16.8 Å². The van der Waals surface area contributed by atoms with E-state index in [1.807, 2.05) is 32.3 Å². The number of benzene rings is 2. The molecule has 1 unspecified atom stereocenters. The van der Waals surface area contributed by atoms with Crippen molar-refractivity contribution in [2.24, 2.45) is 0 Å². The third-order valence-corrected chi connectivity index (χ3v) is 5.51. The van der Waals surface area contributed by atoms with E-state index >= 15 is 0 Å². The summed E-state index contributed by atoms with van der Waals surface area (Å²) in [7, 11) is 4.08. The van der Waals surface area contributed by atoms with Crippen molar-refractivity contribution in [1.29, 1.82) is 0 Å². The van der Waals surface area contributed by atoms with Crippen LogP contribution in [0.5, 0.6) is 0 Å². The number of nitrogens with one attached hydrogen (secondary N) is 2. The summed E-state index contributed by atoms with van der Waals surface area (Å²) in [6.07, 6.45) is 1.89. The first-order valence-corrected chi connectivity index (χ1v) is 10.8. The summed E-state index contributed by atoms with van der Waals surface area (Å²) in [5.74, 6) is 0. The number of morpholine rings is 1. The molecule has 2 aromatic carbocycles. The molecule has 30 heavy (non-hydrogen) atoms. The minimum atomic E-state index is -0.105. The molecule has 1 aliphatic heterocycles. The Bertz CT molecular complexity index is 759. The molecule has 1 aliphatic rings. The summed E-state index contributed by atoms with van der Waals surface area (Å²) in [5, 5.41) is 6.06. The number of carbonyl (C=O) groups is 1. The predicted octanol–water partition coefficient (Wildman–Crippen LogP) is 3.06. The molecule has 0 radical (unpaired) electrons. The molecule has 0 saturated carbocycles. The highest BCUT2D eigenvalue weighted by Gasteiger charge is 2.23. The van der Waals surface area contributed by atoms with Gasteiger partial charge in [0.1, 0.15) is 0 Å². The molecule has 1 heterocycles. The highest BCUT2D eigenvalue weighted by Crippen LogP contribution is 2.23. The van der Waals surface area contributed by atoms with Crippen LogP contribution in [0.3, 0.4) is 0 Å². The molecule has 2 N–H and O–H groups in total. The average molecular weight is 411 g/mol. The van der Waals surface area contributed by atoms with Gasteiger partial charge in [0.25, 0.3) is 0 Å². The van der Waals surface area contributed by atoms with Gasteiger partial charge in [-0.05, 0) is 36.1 Å². The van der Waals surface area contributed by atoms with Gasteiger partial charge in [-0.25, -0.2) is 4.79 Å². The summed E-state index contributed by atoms with van der Waals surface area (Å²) in [6.45, 7) is 4.46. The van der Waals surface area contributed by atoms with Crippen molar-refractivity contribution in [2.75, 3.05) is 58.4 Å². The molecule has 1 saturated heterocycles.